The average molecular weight is 305 g/mol. The van der Waals surface area contributed by atoms with Crippen molar-refractivity contribution in [3.63, 3.8) is 0 Å². The Kier molecular flexibility index (Phi) is 4.71. The number of benzene rings is 2. The molecule has 3 nitrogen and oxygen atoms in total. The third-order valence-corrected chi connectivity index (χ3v) is 3.29. The van der Waals surface area contributed by atoms with Gasteiger partial charge in [0.05, 0.1) is 0 Å². The number of halogens is 1. The van der Waals surface area contributed by atoms with Crippen LogP contribution in [0.1, 0.15) is 21.5 Å². The minimum atomic E-state index is -0.139. The molecule has 20 heavy (non-hydrogen) atoms. The number of amides is 1. The standard InChI is InChI=1S/C15H13ClN2OS/c16-13-7-5-12(6-8-13)15(19)18-9-10-1-3-11(4-2-10)14(17)20/h1-8H,9H2,(H2,17,20)(H,18,19). The molecule has 0 aliphatic carbocycles. The third kappa shape index (κ3) is 3.79. The predicted molar refractivity (Wildman–Crippen MR) is 85.0 cm³/mol. The number of hydrogen-bond donors (Lipinski definition) is 2. The van der Waals surface area contributed by atoms with Crippen LogP contribution in [0.3, 0.4) is 0 Å². The zero-order chi connectivity index (χ0) is 14.5. The second kappa shape index (κ2) is 6.50. The van der Waals surface area contributed by atoms with E-state index in [1.54, 1.807) is 24.3 Å². The van der Waals surface area contributed by atoms with Crippen LogP contribution in [-0.4, -0.2) is 10.9 Å². The van der Waals surface area contributed by atoms with Crippen LogP contribution in [0.4, 0.5) is 0 Å². The Labute approximate surface area is 127 Å². The molecule has 0 atom stereocenters. The van der Waals surface area contributed by atoms with Gasteiger partial charge in [-0.1, -0.05) is 48.1 Å². The van der Waals surface area contributed by atoms with Crippen molar-refractivity contribution in [3.8, 4) is 0 Å². The van der Waals surface area contributed by atoms with E-state index in [9.17, 15) is 4.79 Å². The fraction of sp³-hybridized carbons (Fsp3) is 0.0667. The van der Waals surface area contributed by atoms with Crippen molar-refractivity contribution < 1.29 is 4.79 Å². The molecular formula is C15H13ClN2OS. The SMILES string of the molecule is NC(=S)c1ccc(CNC(=O)c2ccc(Cl)cc2)cc1. The van der Waals surface area contributed by atoms with Crippen molar-refractivity contribution in [2.75, 3.05) is 0 Å². The van der Waals surface area contributed by atoms with Gasteiger partial charge in [0.15, 0.2) is 0 Å². The number of nitrogens with two attached hydrogens (primary N) is 1. The molecule has 0 radical (unpaired) electrons. The lowest BCUT2D eigenvalue weighted by Gasteiger charge is -2.06. The summed E-state index contributed by atoms with van der Waals surface area (Å²) >= 11 is 10.7. The minimum absolute atomic E-state index is 0.139. The fourth-order valence-corrected chi connectivity index (χ4v) is 1.93. The number of hydrogen-bond acceptors (Lipinski definition) is 2. The summed E-state index contributed by atoms with van der Waals surface area (Å²) in [7, 11) is 0. The van der Waals surface area contributed by atoms with Gasteiger partial charge < -0.3 is 11.1 Å². The molecule has 0 aromatic heterocycles. The molecule has 2 aromatic carbocycles. The topological polar surface area (TPSA) is 55.1 Å². The largest absolute Gasteiger partial charge is 0.389 e. The molecule has 0 fully saturated rings. The first-order chi connectivity index (χ1) is 9.56. The summed E-state index contributed by atoms with van der Waals surface area (Å²) in [5.41, 5.74) is 7.89. The van der Waals surface area contributed by atoms with E-state index in [2.05, 4.69) is 5.32 Å². The summed E-state index contributed by atoms with van der Waals surface area (Å²) in [6.45, 7) is 0.444. The third-order valence-electron chi connectivity index (χ3n) is 2.80. The van der Waals surface area contributed by atoms with Crippen molar-refractivity contribution >= 4 is 34.7 Å². The van der Waals surface area contributed by atoms with E-state index in [4.69, 9.17) is 29.6 Å². The lowest BCUT2D eigenvalue weighted by molar-refractivity contribution is 0.0951. The molecule has 0 bridgehead atoms. The Morgan fingerprint density at radius 1 is 1.05 bits per heavy atom. The van der Waals surface area contributed by atoms with Gasteiger partial charge in [-0.3, -0.25) is 4.79 Å². The van der Waals surface area contributed by atoms with Gasteiger partial charge in [0.2, 0.25) is 0 Å². The molecule has 0 saturated heterocycles. The Morgan fingerprint density at radius 3 is 2.15 bits per heavy atom. The first kappa shape index (κ1) is 14.5. The summed E-state index contributed by atoms with van der Waals surface area (Å²) < 4.78 is 0. The Hall–Kier alpha value is -1.91. The molecule has 2 aromatic rings. The van der Waals surface area contributed by atoms with Crippen molar-refractivity contribution in [2.45, 2.75) is 6.54 Å². The van der Waals surface area contributed by atoms with Gasteiger partial charge in [-0.15, -0.1) is 0 Å². The van der Waals surface area contributed by atoms with Crippen LogP contribution >= 0.6 is 23.8 Å². The van der Waals surface area contributed by atoms with Gasteiger partial charge in [0.25, 0.3) is 5.91 Å². The number of nitrogens with one attached hydrogen (secondary N) is 1. The molecule has 0 unspecified atom stereocenters. The van der Waals surface area contributed by atoms with E-state index in [0.29, 0.717) is 22.1 Å². The molecular weight excluding hydrogens is 292 g/mol. The summed E-state index contributed by atoms with van der Waals surface area (Å²) in [6.07, 6.45) is 0. The van der Waals surface area contributed by atoms with Crippen LogP contribution in [0.25, 0.3) is 0 Å². The Bertz CT molecular complexity index is 623. The highest BCUT2D eigenvalue weighted by atomic mass is 35.5. The van der Waals surface area contributed by atoms with Gasteiger partial charge in [0.1, 0.15) is 4.99 Å². The van der Waals surface area contributed by atoms with E-state index in [1.165, 1.54) is 0 Å². The summed E-state index contributed by atoms with van der Waals surface area (Å²) in [6, 6.07) is 14.2. The van der Waals surface area contributed by atoms with Gasteiger partial charge in [-0.05, 0) is 29.8 Å². The monoisotopic (exact) mass is 304 g/mol. The zero-order valence-electron chi connectivity index (χ0n) is 10.6. The first-order valence-corrected chi connectivity index (χ1v) is 6.77. The molecule has 0 aliphatic rings. The average Bonchev–Trinajstić information content (AvgIpc) is 2.46. The molecule has 3 N–H and O–H groups in total. The summed E-state index contributed by atoms with van der Waals surface area (Å²) in [4.78, 5) is 12.3. The summed E-state index contributed by atoms with van der Waals surface area (Å²) in [5, 5.41) is 3.44. The molecule has 0 heterocycles. The smallest absolute Gasteiger partial charge is 0.251 e. The lowest BCUT2D eigenvalue weighted by atomic mass is 10.1. The number of thiocarbonyl (C=S) groups is 1. The van der Waals surface area contributed by atoms with E-state index >= 15 is 0 Å². The van der Waals surface area contributed by atoms with E-state index in [0.717, 1.165) is 11.1 Å². The van der Waals surface area contributed by atoms with Crippen LogP contribution < -0.4 is 11.1 Å². The number of carbonyl (C=O) groups is 1. The quantitative estimate of drug-likeness (QED) is 0.854. The predicted octanol–water partition coefficient (Wildman–Crippen LogP) is 2.90. The van der Waals surface area contributed by atoms with E-state index < -0.39 is 0 Å². The zero-order valence-corrected chi connectivity index (χ0v) is 12.2. The van der Waals surface area contributed by atoms with E-state index in [-0.39, 0.29) is 5.91 Å². The van der Waals surface area contributed by atoms with Gasteiger partial charge in [-0.25, -0.2) is 0 Å². The highest BCUT2D eigenvalue weighted by molar-refractivity contribution is 7.80. The van der Waals surface area contributed by atoms with Crippen LogP contribution in [-0.2, 0) is 6.54 Å². The van der Waals surface area contributed by atoms with Crippen LogP contribution in [0.5, 0.6) is 0 Å². The van der Waals surface area contributed by atoms with Crippen molar-refractivity contribution in [1.82, 2.24) is 5.32 Å². The van der Waals surface area contributed by atoms with Crippen LogP contribution in [0.2, 0.25) is 5.02 Å². The lowest BCUT2D eigenvalue weighted by Crippen LogP contribution is -2.22. The highest BCUT2D eigenvalue weighted by Gasteiger charge is 2.05. The first-order valence-electron chi connectivity index (χ1n) is 5.99. The fourth-order valence-electron chi connectivity index (χ4n) is 1.67. The minimum Gasteiger partial charge on any atom is -0.389 e. The summed E-state index contributed by atoms with van der Waals surface area (Å²) in [5.74, 6) is -0.139. The number of rotatable bonds is 4. The second-order valence-electron chi connectivity index (χ2n) is 4.25. The maximum atomic E-state index is 11.9. The van der Waals surface area contributed by atoms with Gasteiger partial charge in [-0.2, -0.15) is 0 Å². The Morgan fingerprint density at radius 2 is 1.60 bits per heavy atom. The normalized spacial score (nSPS) is 10.1. The van der Waals surface area contributed by atoms with Crippen LogP contribution in [0.15, 0.2) is 48.5 Å². The molecule has 102 valence electrons. The second-order valence-corrected chi connectivity index (χ2v) is 5.13. The Balaban J connectivity index is 1.96. The highest BCUT2D eigenvalue weighted by Crippen LogP contribution is 2.10. The van der Waals surface area contributed by atoms with Crippen molar-refractivity contribution in [2.24, 2.45) is 5.73 Å². The molecule has 2 rings (SSSR count). The molecule has 5 heteroatoms. The maximum absolute atomic E-state index is 11.9. The molecule has 0 spiro atoms. The number of carbonyl (C=O) groups excluding carboxylic acids is 1. The van der Waals surface area contributed by atoms with Crippen molar-refractivity contribution in [1.29, 1.82) is 0 Å². The molecule has 0 aliphatic heterocycles. The van der Waals surface area contributed by atoms with Gasteiger partial charge >= 0.3 is 0 Å². The van der Waals surface area contributed by atoms with Crippen LogP contribution in [0, 0.1) is 0 Å². The van der Waals surface area contributed by atoms with E-state index in [1.807, 2.05) is 24.3 Å². The van der Waals surface area contributed by atoms with Gasteiger partial charge in [0, 0.05) is 22.7 Å². The van der Waals surface area contributed by atoms with Crippen molar-refractivity contribution in [3.05, 3.63) is 70.2 Å². The maximum Gasteiger partial charge on any atom is 0.251 e. The molecule has 1 amide bonds. The molecule has 0 saturated carbocycles.